The van der Waals surface area contributed by atoms with Crippen LogP contribution in [0.25, 0.3) is 0 Å². The summed E-state index contributed by atoms with van der Waals surface area (Å²) in [6, 6.07) is 0.773. The monoisotopic (exact) mass is 227 g/mol. The third kappa shape index (κ3) is 5.31. The Bertz CT molecular complexity index is 161. The van der Waals surface area contributed by atoms with Gasteiger partial charge in [-0.05, 0) is 44.6 Å². The smallest absolute Gasteiger partial charge is 0.0469 e. The highest BCUT2D eigenvalue weighted by Crippen LogP contribution is 2.28. The molecule has 2 unspecified atom stereocenters. The maximum atomic E-state index is 5.66. The van der Waals surface area contributed by atoms with Gasteiger partial charge in [0.25, 0.3) is 0 Å². The van der Waals surface area contributed by atoms with Gasteiger partial charge in [0.2, 0.25) is 0 Å². The van der Waals surface area contributed by atoms with Crippen LogP contribution in [0.5, 0.6) is 0 Å². The fourth-order valence-electron chi connectivity index (χ4n) is 2.56. The zero-order valence-corrected chi connectivity index (χ0v) is 11.1. The van der Waals surface area contributed by atoms with Gasteiger partial charge in [-0.1, -0.05) is 26.7 Å². The minimum absolute atomic E-state index is 0.773. The van der Waals surface area contributed by atoms with E-state index in [-0.39, 0.29) is 0 Å². The van der Waals surface area contributed by atoms with Crippen LogP contribution in [-0.2, 0) is 4.74 Å². The molecule has 16 heavy (non-hydrogen) atoms. The Morgan fingerprint density at radius 2 is 2.00 bits per heavy atom. The number of hydrogen-bond acceptors (Lipinski definition) is 2. The predicted molar refractivity (Wildman–Crippen MR) is 69.8 cm³/mol. The lowest BCUT2D eigenvalue weighted by Crippen LogP contribution is -2.33. The van der Waals surface area contributed by atoms with Crippen LogP contribution in [-0.4, -0.2) is 25.8 Å². The molecule has 0 bridgehead atoms. The molecule has 1 fully saturated rings. The summed E-state index contributed by atoms with van der Waals surface area (Å²) in [7, 11) is 0. The van der Waals surface area contributed by atoms with E-state index in [0.29, 0.717) is 0 Å². The Hall–Kier alpha value is -0.0800. The molecule has 0 aromatic heterocycles. The fourth-order valence-corrected chi connectivity index (χ4v) is 2.56. The normalized spacial score (nSPS) is 25.1. The molecule has 1 aliphatic carbocycles. The SMILES string of the molecule is CCCCOCCC1CCCC1NCCC. The minimum atomic E-state index is 0.773. The molecule has 0 spiro atoms. The Labute approximate surface area is 101 Å². The summed E-state index contributed by atoms with van der Waals surface area (Å²) in [5.41, 5.74) is 0. The van der Waals surface area contributed by atoms with Crippen molar-refractivity contribution < 1.29 is 4.74 Å². The Balaban J connectivity index is 2.05. The third-order valence-corrected chi connectivity index (χ3v) is 3.59. The van der Waals surface area contributed by atoms with Gasteiger partial charge in [-0.15, -0.1) is 0 Å². The highest BCUT2D eigenvalue weighted by Gasteiger charge is 2.25. The first kappa shape index (κ1) is 14.0. The Morgan fingerprint density at radius 1 is 1.12 bits per heavy atom. The van der Waals surface area contributed by atoms with E-state index in [4.69, 9.17) is 4.74 Å². The zero-order chi connectivity index (χ0) is 11.6. The average Bonchev–Trinajstić information content (AvgIpc) is 2.74. The van der Waals surface area contributed by atoms with Crippen molar-refractivity contribution in [1.29, 1.82) is 0 Å². The number of unbranched alkanes of at least 4 members (excludes halogenated alkanes) is 1. The van der Waals surface area contributed by atoms with E-state index in [2.05, 4.69) is 19.2 Å². The van der Waals surface area contributed by atoms with Crippen molar-refractivity contribution in [2.24, 2.45) is 5.92 Å². The molecule has 1 saturated carbocycles. The van der Waals surface area contributed by atoms with Gasteiger partial charge in [0.05, 0.1) is 0 Å². The maximum absolute atomic E-state index is 5.66. The lowest BCUT2D eigenvalue weighted by Gasteiger charge is -2.20. The summed E-state index contributed by atoms with van der Waals surface area (Å²) >= 11 is 0. The molecule has 0 radical (unpaired) electrons. The van der Waals surface area contributed by atoms with E-state index in [1.807, 2.05) is 0 Å². The van der Waals surface area contributed by atoms with Gasteiger partial charge < -0.3 is 10.1 Å². The van der Waals surface area contributed by atoms with Gasteiger partial charge in [0.1, 0.15) is 0 Å². The van der Waals surface area contributed by atoms with Crippen molar-refractivity contribution in [3.05, 3.63) is 0 Å². The molecule has 96 valence electrons. The van der Waals surface area contributed by atoms with E-state index in [1.165, 1.54) is 51.5 Å². The van der Waals surface area contributed by atoms with E-state index < -0.39 is 0 Å². The van der Waals surface area contributed by atoms with Crippen molar-refractivity contribution >= 4 is 0 Å². The number of hydrogen-bond donors (Lipinski definition) is 1. The number of rotatable bonds is 9. The maximum Gasteiger partial charge on any atom is 0.0469 e. The first-order valence-corrected chi connectivity index (χ1v) is 7.19. The van der Waals surface area contributed by atoms with E-state index in [1.54, 1.807) is 0 Å². The lowest BCUT2D eigenvalue weighted by atomic mass is 10.00. The van der Waals surface area contributed by atoms with E-state index >= 15 is 0 Å². The standard InChI is InChI=1S/C14H29NO/c1-3-5-11-16-12-9-13-7-6-8-14(13)15-10-4-2/h13-15H,3-12H2,1-2H3. The molecular weight excluding hydrogens is 198 g/mol. The van der Waals surface area contributed by atoms with Crippen molar-refractivity contribution in [3.63, 3.8) is 0 Å². The van der Waals surface area contributed by atoms with Crippen LogP contribution in [0.4, 0.5) is 0 Å². The third-order valence-electron chi connectivity index (χ3n) is 3.59. The van der Waals surface area contributed by atoms with Crippen molar-refractivity contribution in [1.82, 2.24) is 5.32 Å². The molecule has 1 rings (SSSR count). The zero-order valence-electron chi connectivity index (χ0n) is 11.1. The van der Waals surface area contributed by atoms with Crippen molar-refractivity contribution in [3.8, 4) is 0 Å². The summed E-state index contributed by atoms with van der Waals surface area (Å²) in [6.07, 6.45) is 9.13. The largest absolute Gasteiger partial charge is 0.381 e. The second-order valence-electron chi connectivity index (χ2n) is 5.01. The summed E-state index contributed by atoms with van der Waals surface area (Å²) in [5.74, 6) is 0.869. The highest BCUT2D eigenvalue weighted by molar-refractivity contribution is 4.82. The summed E-state index contributed by atoms with van der Waals surface area (Å²) in [6.45, 7) is 7.55. The molecular formula is C14H29NO. The molecule has 0 aliphatic heterocycles. The highest BCUT2D eigenvalue weighted by atomic mass is 16.5. The van der Waals surface area contributed by atoms with E-state index in [9.17, 15) is 0 Å². The van der Waals surface area contributed by atoms with Crippen LogP contribution < -0.4 is 5.32 Å². The fraction of sp³-hybridized carbons (Fsp3) is 1.00. The number of nitrogens with one attached hydrogen (secondary N) is 1. The van der Waals surface area contributed by atoms with Gasteiger partial charge in [0.15, 0.2) is 0 Å². The van der Waals surface area contributed by atoms with Gasteiger partial charge in [0, 0.05) is 19.3 Å². The Kier molecular flexibility index (Phi) is 7.87. The lowest BCUT2D eigenvalue weighted by molar-refractivity contribution is 0.114. The predicted octanol–water partition coefficient (Wildman–Crippen LogP) is 3.36. The topological polar surface area (TPSA) is 21.3 Å². The molecule has 0 heterocycles. The molecule has 2 heteroatoms. The first-order valence-electron chi connectivity index (χ1n) is 7.19. The van der Waals surface area contributed by atoms with Gasteiger partial charge in [-0.3, -0.25) is 0 Å². The molecule has 1 N–H and O–H groups in total. The van der Waals surface area contributed by atoms with Crippen molar-refractivity contribution in [2.45, 2.75) is 64.8 Å². The first-order chi connectivity index (χ1) is 7.88. The molecule has 2 nitrogen and oxygen atoms in total. The summed E-state index contributed by atoms with van der Waals surface area (Å²) in [5, 5.41) is 3.68. The summed E-state index contributed by atoms with van der Waals surface area (Å²) < 4.78 is 5.66. The second kappa shape index (κ2) is 9.00. The molecule has 0 saturated heterocycles. The molecule has 2 atom stereocenters. The minimum Gasteiger partial charge on any atom is -0.381 e. The number of ether oxygens (including phenoxy) is 1. The summed E-state index contributed by atoms with van der Waals surface area (Å²) in [4.78, 5) is 0. The Morgan fingerprint density at radius 3 is 2.75 bits per heavy atom. The van der Waals surface area contributed by atoms with Gasteiger partial charge in [-0.25, -0.2) is 0 Å². The van der Waals surface area contributed by atoms with Crippen molar-refractivity contribution in [2.75, 3.05) is 19.8 Å². The van der Waals surface area contributed by atoms with Crippen LogP contribution in [0.3, 0.4) is 0 Å². The molecule has 0 aromatic carbocycles. The average molecular weight is 227 g/mol. The van der Waals surface area contributed by atoms with Gasteiger partial charge in [-0.2, -0.15) is 0 Å². The van der Waals surface area contributed by atoms with Crippen LogP contribution in [0.15, 0.2) is 0 Å². The quantitative estimate of drug-likeness (QED) is 0.610. The molecule has 0 amide bonds. The molecule has 0 aromatic rings. The van der Waals surface area contributed by atoms with Crippen LogP contribution >= 0.6 is 0 Å². The second-order valence-corrected chi connectivity index (χ2v) is 5.01. The van der Waals surface area contributed by atoms with Crippen LogP contribution in [0.2, 0.25) is 0 Å². The van der Waals surface area contributed by atoms with E-state index in [0.717, 1.165) is 25.2 Å². The van der Waals surface area contributed by atoms with Crippen LogP contribution in [0.1, 0.15) is 58.8 Å². The van der Waals surface area contributed by atoms with Gasteiger partial charge >= 0.3 is 0 Å². The van der Waals surface area contributed by atoms with Crippen LogP contribution in [0, 0.1) is 5.92 Å². The molecule has 1 aliphatic rings.